The van der Waals surface area contributed by atoms with Crippen molar-refractivity contribution < 1.29 is 4.79 Å². The molecule has 0 bridgehead atoms. The number of hydrogen-bond donors (Lipinski definition) is 2. The topological polar surface area (TPSA) is 62.7 Å². The van der Waals surface area contributed by atoms with Gasteiger partial charge in [-0.1, -0.05) is 72.8 Å². The summed E-state index contributed by atoms with van der Waals surface area (Å²) in [5, 5.41) is 5.35. The summed E-state index contributed by atoms with van der Waals surface area (Å²) in [6.07, 6.45) is 7.42. The molecule has 0 aliphatic heterocycles. The van der Waals surface area contributed by atoms with E-state index in [0.717, 1.165) is 33.2 Å². The summed E-state index contributed by atoms with van der Waals surface area (Å²) in [6, 6.07) is 24.4. The van der Waals surface area contributed by atoms with Crippen LogP contribution in [-0.2, 0) is 13.1 Å². The van der Waals surface area contributed by atoms with E-state index in [4.69, 9.17) is 0 Å². The van der Waals surface area contributed by atoms with Crippen molar-refractivity contribution in [2.75, 3.05) is 0 Å². The Morgan fingerprint density at radius 2 is 1.71 bits per heavy atom. The zero-order chi connectivity index (χ0) is 21.0. The van der Waals surface area contributed by atoms with Crippen LogP contribution in [0.2, 0.25) is 0 Å². The molecule has 2 N–H and O–H groups in total. The monoisotopic (exact) mass is 406 g/mol. The molecular formula is C26H22N4O. The first-order valence-electron chi connectivity index (χ1n) is 10.3. The number of carbonyl (C=O) groups is 1. The number of imidazole rings is 1. The molecular weight excluding hydrogens is 384 g/mol. The van der Waals surface area contributed by atoms with Gasteiger partial charge in [-0.15, -0.1) is 0 Å². The highest BCUT2D eigenvalue weighted by Gasteiger charge is 2.18. The Kier molecular flexibility index (Phi) is 5.07. The molecule has 2 heterocycles. The van der Waals surface area contributed by atoms with Gasteiger partial charge in [-0.3, -0.25) is 4.79 Å². The summed E-state index contributed by atoms with van der Waals surface area (Å²) in [6.45, 7) is 1.10. The van der Waals surface area contributed by atoms with Crippen LogP contribution in [-0.4, -0.2) is 20.4 Å². The van der Waals surface area contributed by atoms with Crippen LogP contribution >= 0.6 is 0 Å². The van der Waals surface area contributed by atoms with Crippen molar-refractivity contribution in [2.24, 2.45) is 0 Å². The number of H-pyrrole nitrogens is 1. The number of aromatic nitrogens is 3. The summed E-state index contributed by atoms with van der Waals surface area (Å²) < 4.78 is 2.03. The Balaban J connectivity index is 1.53. The molecule has 5 aromatic rings. The van der Waals surface area contributed by atoms with Crippen LogP contribution in [0.15, 0.2) is 97.7 Å². The van der Waals surface area contributed by atoms with Crippen molar-refractivity contribution in [3.05, 3.63) is 115 Å². The molecule has 152 valence electrons. The number of carbonyl (C=O) groups excluding carboxylic acids is 1. The smallest absolute Gasteiger partial charge is 0.253 e. The molecule has 5 nitrogen and oxygen atoms in total. The van der Waals surface area contributed by atoms with Crippen molar-refractivity contribution in [3.63, 3.8) is 0 Å². The minimum absolute atomic E-state index is 0.0878. The Labute approximate surface area is 180 Å². The average Bonchev–Trinajstić information content (AvgIpc) is 3.48. The first kappa shape index (κ1) is 18.9. The summed E-state index contributed by atoms with van der Waals surface area (Å²) in [5.41, 5.74) is 4.68. The molecule has 5 heteroatoms. The van der Waals surface area contributed by atoms with Gasteiger partial charge in [0.05, 0.1) is 24.1 Å². The van der Waals surface area contributed by atoms with Crippen molar-refractivity contribution in [3.8, 4) is 11.1 Å². The fourth-order valence-electron chi connectivity index (χ4n) is 3.90. The van der Waals surface area contributed by atoms with Gasteiger partial charge in [-0.05, 0) is 21.9 Å². The van der Waals surface area contributed by atoms with Crippen molar-refractivity contribution in [1.82, 2.24) is 19.9 Å². The first-order chi connectivity index (χ1) is 15.3. The average molecular weight is 406 g/mol. The van der Waals surface area contributed by atoms with E-state index in [1.54, 1.807) is 12.5 Å². The van der Waals surface area contributed by atoms with Gasteiger partial charge in [0.1, 0.15) is 0 Å². The standard InChI is InChI=1S/C26H22N4O/c31-26(28-13-19-7-2-1-3-8-19)25-17-30(15-21-14-27-18-29-21)16-24(25)23-12-6-10-20-9-4-5-11-22(20)23/h1-12,14,16-18H,13,15H2,(H,27,29)(H,28,31). The summed E-state index contributed by atoms with van der Waals surface area (Å²) in [7, 11) is 0. The van der Waals surface area contributed by atoms with Crippen LogP contribution in [0.5, 0.6) is 0 Å². The lowest BCUT2D eigenvalue weighted by Gasteiger charge is -2.09. The zero-order valence-corrected chi connectivity index (χ0v) is 17.0. The SMILES string of the molecule is O=C(NCc1ccccc1)c1cn(Cc2cnc[nH]2)cc1-c1cccc2ccccc12. The van der Waals surface area contributed by atoms with E-state index in [1.165, 1.54) is 0 Å². The number of nitrogens with zero attached hydrogens (tertiary/aromatic N) is 2. The van der Waals surface area contributed by atoms with Gasteiger partial charge in [0.2, 0.25) is 0 Å². The molecule has 0 aliphatic rings. The molecule has 0 unspecified atom stereocenters. The Hall–Kier alpha value is -4.12. The molecule has 0 fully saturated rings. The number of rotatable bonds is 6. The molecule has 3 aromatic carbocycles. The Morgan fingerprint density at radius 3 is 2.55 bits per heavy atom. The lowest BCUT2D eigenvalue weighted by molar-refractivity contribution is 0.0951. The Morgan fingerprint density at radius 1 is 0.903 bits per heavy atom. The maximum absolute atomic E-state index is 13.2. The third kappa shape index (κ3) is 3.98. The molecule has 5 rings (SSSR count). The van der Waals surface area contributed by atoms with E-state index in [1.807, 2.05) is 65.5 Å². The van der Waals surface area contributed by atoms with E-state index in [9.17, 15) is 4.79 Å². The minimum Gasteiger partial charge on any atom is -0.348 e. The molecule has 0 aliphatic carbocycles. The largest absolute Gasteiger partial charge is 0.348 e. The number of benzene rings is 3. The van der Waals surface area contributed by atoms with Gasteiger partial charge in [-0.2, -0.15) is 0 Å². The van der Waals surface area contributed by atoms with E-state index in [0.29, 0.717) is 18.7 Å². The normalized spacial score (nSPS) is 11.0. The summed E-state index contributed by atoms with van der Waals surface area (Å²) >= 11 is 0. The van der Waals surface area contributed by atoms with Gasteiger partial charge < -0.3 is 14.9 Å². The quantitative estimate of drug-likeness (QED) is 0.416. The third-order valence-electron chi connectivity index (χ3n) is 5.41. The van der Waals surface area contributed by atoms with Gasteiger partial charge in [-0.25, -0.2) is 4.98 Å². The summed E-state index contributed by atoms with van der Waals surface area (Å²) in [5.74, 6) is -0.0878. The minimum atomic E-state index is -0.0878. The number of nitrogens with one attached hydrogen (secondary N) is 2. The highest BCUT2D eigenvalue weighted by molar-refractivity contribution is 6.06. The lowest BCUT2D eigenvalue weighted by Crippen LogP contribution is -2.23. The number of amides is 1. The second-order valence-electron chi connectivity index (χ2n) is 7.53. The van der Waals surface area contributed by atoms with Gasteiger partial charge in [0.25, 0.3) is 5.91 Å². The fraction of sp³-hybridized carbons (Fsp3) is 0.0769. The third-order valence-corrected chi connectivity index (χ3v) is 5.41. The van der Waals surface area contributed by atoms with Crippen LogP contribution in [0.1, 0.15) is 21.6 Å². The van der Waals surface area contributed by atoms with Gasteiger partial charge >= 0.3 is 0 Å². The second-order valence-corrected chi connectivity index (χ2v) is 7.53. The molecule has 1 amide bonds. The highest BCUT2D eigenvalue weighted by Crippen LogP contribution is 2.32. The first-order valence-corrected chi connectivity index (χ1v) is 10.3. The number of aromatic amines is 1. The van der Waals surface area contributed by atoms with Crippen molar-refractivity contribution >= 4 is 16.7 Å². The highest BCUT2D eigenvalue weighted by atomic mass is 16.1. The van der Waals surface area contributed by atoms with Crippen molar-refractivity contribution in [1.29, 1.82) is 0 Å². The molecule has 0 saturated heterocycles. The van der Waals surface area contributed by atoms with Crippen LogP contribution in [0, 0.1) is 0 Å². The van der Waals surface area contributed by atoms with Crippen LogP contribution in [0.25, 0.3) is 21.9 Å². The molecule has 0 spiro atoms. The molecule has 2 aromatic heterocycles. The maximum Gasteiger partial charge on any atom is 0.253 e. The second kappa shape index (κ2) is 8.32. The lowest BCUT2D eigenvalue weighted by atomic mass is 9.97. The van der Waals surface area contributed by atoms with Gasteiger partial charge in [0, 0.05) is 30.7 Å². The van der Waals surface area contributed by atoms with Crippen LogP contribution in [0.3, 0.4) is 0 Å². The summed E-state index contributed by atoms with van der Waals surface area (Å²) in [4.78, 5) is 20.4. The maximum atomic E-state index is 13.2. The van der Waals surface area contributed by atoms with E-state index in [2.05, 4.69) is 39.6 Å². The Bertz CT molecular complexity index is 1320. The molecule has 0 saturated carbocycles. The van der Waals surface area contributed by atoms with E-state index >= 15 is 0 Å². The molecule has 0 atom stereocenters. The molecule has 0 radical (unpaired) electrons. The zero-order valence-electron chi connectivity index (χ0n) is 17.0. The van der Waals surface area contributed by atoms with Gasteiger partial charge in [0.15, 0.2) is 0 Å². The number of fused-ring (bicyclic) bond motifs is 1. The van der Waals surface area contributed by atoms with Crippen molar-refractivity contribution in [2.45, 2.75) is 13.1 Å². The van der Waals surface area contributed by atoms with Crippen LogP contribution < -0.4 is 5.32 Å². The van der Waals surface area contributed by atoms with E-state index in [-0.39, 0.29) is 5.91 Å². The molecule has 31 heavy (non-hydrogen) atoms. The predicted molar refractivity (Wildman–Crippen MR) is 123 cm³/mol. The van der Waals surface area contributed by atoms with Crippen LogP contribution in [0.4, 0.5) is 0 Å². The number of hydrogen-bond acceptors (Lipinski definition) is 2. The fourth-order valence-corrected chi connectivity index (χ4v) is 3.90. The predicted octanol–water partition coefficient (Wildman–Crippen LogP) is 5.01. The van der Waals surface area contributed by atoms with E-state index < -0.39 is 0 Å².